The Bertz CT molecular complexity index is 1050. The Hall–Kier alpha value is -3.75. The quantitative estimate of drug-likeness (QED) is 0.509. The van der Waals surface area contributed by atoms with Crippen molar-refractivity contribution in [1.29, 1.82) is 0 Å². The van der Waals surface area contributed by atoms with Crippen molar-refractivity contribution in [2.75, 3.05) is 41.3 Å². The number of hydrogen-bond donors (Lipinski definition) is 1. The summed E-state index contributed by atoms with van der Waals surface area (Å²) in [6.45, 7) is 7.04. The molecule has 30 heavy (non-hydrogen) atoms. The number of pyridine rings is 1. The average molecular weight is 405 g/mol. The number of aryl methyl sites for hydroxylation is 1. The van der Waals surface area contributed by atoms with E-state index in [1.807, 2.05) is 4.90 Å². The number of piperazine rings is 1. The highest BCUT2D eigenvalue weighted by atomic mass is 16.6. The SMILES string of the molecule is Cc1cccc(N2CCN(c3ncnc(Nc4ccncc4)c3[N+](=O)[O-])CC2)c1C. The molecule has 1 aliphatic heterocycles. The van der Waals surface area contributed by atoms with Crippen LogP contribution in [0.5, 0.6) is 0 Å². The molecule has 0 radical (unpaired) electrons. The molecular formula is C21H23N7O2. The summed E-state index contributed by atoms with van der Waals surface area (Å²) in [4.78, 5) is 28.1. The summed E-state index contributed by atoms with van der Waals surface area (Å²) in [5.74, 6) is 0.514. The number of nitrogens with one attached hydrogen (secondary N) is 1. The Morgan fingerprint density at radius 3 is 2.40 bits per heavy atom. The first kappa shape index (κ1) is 19.6. The summed E-state index contributed by atoms with van der Waals surface area (Å²) >= 11 is 0. The van der Waals surface area contributed by atoms with Crippen LogP contribution in [0.1, 0.15) is 11.1 Å². The van der Waals surface area contributed by atoms with Crippen LogP contribution in [0.2, 0.25) is 0 Å². The first-order valence-corrected chi connectivity index (χ1v) is 9.77. The Kier molecular flexibility index (Phi) is 5.42. The summed E-state index contributed by atoms with van der Waals surface area (Å²) in [5, 5.41) is 14.9. The van der Waals surface area contributed by atoms with Gasteiger partial charge in [0.1, 0.15) is 6.33 Å². The fourth-order valence-electron chi connectivity index (χ4n) is 3.67. The molecule has 0 aliphatic carbocycles. The molecule has 3 aromatic rings. The Morgan fingerprint density at radius 1 is 1.00 bits per heavy atom. The molecule has 0 bridgehead atoms. The molecule has 9 nitrogen and oxygen atoms in total. The fraction of sp³-hybridized carbons (Fsp3) is 0.286. The third-order valence-electron chi connectivity index (χ3n) is 5.42. The molecule has 1 fully saturated rings. The lowest BCUT2D eigenvalue weighted by atomic mass is 10.1. The molecule has 1 N–H and O–H groups in total. The maximum Gasteiger partial charge on any atom is 0.353 e. The van der Waals surface area contributed by atoms with E-state index >= 15 is 0 Å². The van der Waals surface area contributed by atoms with Crippen LogP contribution in [-0.4, -0.2) is 46.1 Å². The topological polar surface area (TPSA) is 100 Å². The smallest absolute Gasteiger partial charge is 0.353 e. The van der Waals surface area contributed by atoms with Crippen molar-refractivity contribution in [3.8, 4) is 0 Å². The lowest BCUT2D eigenvalue weighted by Gasteiger charge is -2.37. The van der Waals surface area contributed by atoms with Gasteiger partial charge >= 0.3 is 5.69 Å². The van der Waals surface area contributed by atoms with Crippen LogP contribution in [0.25, 0.3) is 0 Å². The van der Waals surface area contributed by atoms with E-state index in [0.29, 0.717) is 24.6 Å². The van der Waals surface area contributed by atoms with Gasteiger partial charge in [-0.25, -0.2) is 9.97 Å². The number of benzene rings is 1. The normalized spacial score (nSPS) is 13.9. The van der Waals surface area contributed by atoms with E-state index in [1.165, 1.54) is 23.1 Å². The van der Waals surface area contributed by atoms with E-state index in [2.05, 4.69) is 57.2 Å². The third kappa shape index (κ3) is 3.86. The second kappa shape index (κ2) is 8.32. The second-order valence-corrected chi connectivity index (χ2v) is 7.21. The predicted molar refractivity (Wildman–Crippen MR) is 117 cm³/mol. The number of nitro groups is 1. The summed E-state index contributed by atoms with van der Waals surface area (Å²) in [7, 11) is 0. The number of rotatable bonds is 5. The van der Waals surface area contributed by atoms with Gasteiger partial charge in [0.05, 0.1) is 4.92 Å². The van der Waals surface area contributed by atoms with Crippen molar-refractivity contribution >= 4 is 28.7 Å². The minimum atomic E-state index is -0.421. The second-order valence-electron chi connectivity index (χ2n) is 7.21. The van der Waals surface area contributed by atoms with Crippen LogP contribution < -0.4 is 15.1 Å². The molecule has 0 unspecified atom stereocenters. The molecule has 154 valence electrons. The van der Waals surface area contributed by atoms with Crippen LogP contribution in [0.15, 0.2) is 49.1 Å². The first-order valence-electron chi connectivity index (χ1n) is 9.77. The van der Waals surface area contributed by atoms with Crippen molar-refractivity contribution in [3.63, 3.8) is 0 Å². The lowest BCUT2D eigenvalue weighted by Crippen LogP contribution is -2.47. The van der Waals surface area contributed by atoms with Crippen molar-refractivity contribution in [2.24, 2.45) is 0 Å². The fourth-order valence-corrected chi connectivity index (χ4v) is 3.67. The highest BCUT2D eigenvalue weighted by molar-refractivity contribution is 5.74. The van der Waals surface area contributed by atoms with Crippen molar-refractivity contribution in [1.82, 2.24) is 15.0 Å². The largest absolute Gasteiger partial charge is 0.368 e. The van der Waals surface area contributed by atoms with E-state index in [-0.39, 0.29) is 11.5 Å². The summed E-state index contributed by atoms with van der Waals surface area (Å²) < 4.78 is 0. The van der Waals surface area contributed by atoms with Gasteiger partial charge in [-0.2, -0.15) is 0 Å². The monoisotopic (exact) mass is 405 g/mol. The van der Waals surface area contributed by atoms with Gasteiger partial charge in [0.25, 0.3) is 0 Å². The van der Waals surface area contributed by atoms with Gasteiger partial charge in [-0.05, 0) is 43.2 Å². The number of nitrogens with zero attached hydrogens (tertiary/aromatic N) is 6. The van der Waals surface area contributed by atoms with Gasteiger partial charge in [-0.15, -0.1) is 0 Å². The summed E-state index contributed by atoms with van der Waals surface area (Å²) in [5.41, 5.74) is 4.30. The molecule has 2 aromatic heterocycles. The minimum Gasteiger partial charge on any atom is -0.368 e. The van der Waals surface area contributed by atoms with Crippen LogP contribution >= 0.6 is 0 Å². The molecule has 0 amide bonds. The zero-order valence-electron chi connectivity index (χ0n) is 16.9. The molecule has 4 rings (SSSR count). The van der Waals surface area contributed by atoms with Crippen molar-refractivity contribution in [2.45, 2.75) is 13.8 Å². The Morgan fingerprint density at radius 2 is 1.70 bits per heavy atom. The molecule has 0 atom stereocenters. The molecule has 9 heteroatoms. The van der Waals surface area contributed by atoms with Gasteiger partial charge in [0.15, 0.2) is 0 Å². The third-order valence-corrected chi connectivity index (χ3v) is 5.42. The summed E-state index contributed by atoms with van der Waals surface area (Å²) in [6.07, 6.45) is 4.59. The van der Waals surface area contributed by atoms with E-state index < -0.39 is 4.92 Å². The van der Waals surface area contributed by atoms with E-state index in [1.54, 1.807) is 24.5 Å². The Balaban J connectivity index is 1.57. The molecule has 0 spiro atoms. The minimum absolute atomic E-state index is 0.116. The van der Waals surface area contributed by atoms with Gasteiger partial charge in [0.2, 0.25) is 11.6 Å². The molecule has 1 saturated heterocycles. The lowest BCUT2D eigenvalue weighted by molar-refractivity contribution is -0.383. The molecule has 3 heterocycles. The maximum atomic E-state index is 11.9. The van der Waals surface area contributed by atoms with Crippen LogP contribution in [0.3, 0.4) is 0 Å². The number of anilines is 4. The predicted octanol–water partition coefficient (Wildman–Crippen LogP) is 3.47. The zero-order valence-corrected chi connectivity index (χ0v) is 16.9. The van der Waals surface area contributed by atoms with E-state index in [9.17, 15) is 10.1 Å². The van der Waals surface area contributed by atoms with Crippen LogP contribution in [0.4, 0.5) is 28.7 Å². The number of hydrogen-bond acceptors (Lipinski definition) is 8. The molecule has 0 saturated carbocycles. The number of aromatic nitrogens is 3. The average Bonchev–Trinajstić information content (AvgIpc) is 2.76. The molecule has 1 aliphatic rings. The van der Waals surface area contributed by atoms with Crippen molar-refractivity contribution < 1.29 is 4.92 Å². The Labute approximate surface area is 174 Å². The van der Waals surface area contributed by atoms with Gasteiger partial charge < -0.3 is 15.1 Å². The van der Waals surface area contributed by atoms with Crippen LogP contribution in [-0.2, 0) is 0 Å². The van der Waals surface area contributed by atoms with Gasteiger partial charge in [-0.3, -0.25) is 15.1 Å². The highest BCUT2D eigenvalue weighted by Crippen LogP contribution is 2.34. The zero-order chi connectivity index (χ0) is 21.1. The maximum absolute atomic E-state index is 11.9. The van der Waals surface area contributed by atoms with Gasteiger partial charge in [-0.1, -0.05) is 12.1 Å². The van der Waals surface area contributed by atoms with E-state index in [0.717, 1.165) is 13.1 Å². The first-order chi connectivity index (χ1) is 14.5. The molecular weight excluding hydrogens is 382 g/mol. The summed E-state index contributed by atoms with van der Waals surface area (Å²) in [6, 6.07) is 9.76. The van der Waals surface area contributed by atoms with Gasteiger partial charge in [0, 0.05) is 49.9 Å². The molecule has 1 aromatic carbocycles. The van der Waals surface area contributed by atoms with E-state index in [4.69, 9.17) is 0 Å². The van der Waals surface area contributed by atoms with Crippen LogP contribution in [0, 0.1) is 24.0 Å². The standard InChI is InChI=1S/C21H23N7O2/c1-15-4-3-5-18(16(15)2)26-10-12-27(13-11-26)21-19(28(29)30)20(23-14-24-21)25-17-6-8-22-9-7-17/h3-9,14H,10-13H2,1-2H3,(H,22,23,24,25). The van der Waals surface area contributed by atoms with Crippen molar-refractivity contribution in [3.05, 3.63) is 70.3 Å². The highest BCUT2D eigenvalue weighted by Gasteiger charge is 2.29.